The molecule has 0 radical (unpaired) electrons. The molecule has 9 heteroatoms. The molecule has 0 aliphatic carbocycles. The highest BCUT2D eigenvalue weighted by Gasteiger charge is 2.36. The first-order valence-corrected chi connectivity index (χ1v) is 11.2. The van der Waals surface area contributed by atoms with Gasteiger partial charge in [-0.25, -0.2) is 9.78 Å². The van der Waals surface area contributed by atoms with Crippen molar-refractivity contribution < 1.29 is 13.2 Å². The fraction of sp³-hybridized carbons (Fsp3) is 0.208. The van der Waals surface area contributed by atoms with Crippen LogP contribution in [0, 0.1) is 11.3 Å². The summed E-state index contributed by atoms with van der Waals surface area (Å²) in [7, 11) is 0. The SMILES string of the molecule is N#Cc1c(C(F)(F)F)cc(Cc2ccccc2)nc1SCCCn1c(=O)[nH]c2ccccc21. The third kappa shape index (κ3) is 5.12. The predicted molar refractivity (Wildman–Crippen MR) is 121 cm³/mol. The van der Waals surface area contributed by atoms with Gasteiger partial charge in [0, 0.05) is 24.4 Å². The second-order valence-corrected chi connectivity index (χ2v) is 8.50. The van der Waals surface area contributed by atoms with Crippen LogP contribution in [0.15, 0.2) is 70.5 Å². The number of aromatic amines is 1. The van der Waals surface area contributed by atoms with Crippen molar-refractivity contribution in [1.82, 2.24) is 14.5 Å². The molecule has 0 bridgehead atoms. The molecular formula is C24H19F3N4OS. The molecule has 33 heavy (non-hydrogen) atoms. The number of hydrogen-bond acceptors (Lipinski definition) is 4. The van der Waals surface area contributed by atoms with Crippen molar-refractivity contribution >= 4 is 22.8 Å². The Morgan fingerprint density at radius 3 is 2.55 bits per heavy atom. The van der Waals surface area contributed by atoms with Gasteiger partial charge in [-0.2, -0.15) is 18.4 Å². The quantitative estimate of drug-likeness (QED) is 0.292. The molecule has 2 aromatic heterocycles. The Bertz CT molecular complexity index is 1370. The topological polar surface area (TPSA) is 74.5 Å². The van der Waals surface area contributed by atoms with Crippen LogP contribution < -0.4 is 5.69 Å². The molecule has 0 saturated heterocycles. The molecule has 4 aromatic rings. The summed E-state index contributed by atoms with van der Waals surface area (Å²) in [6.07, 6.45) is -3.91. The molecule has 0 aliphatic heterocycles. The second kappa shape index (κ2) is 9.55. The molecular weight excluding hydrogens is 449 g/mol. The normalized spacial score (nSPS) is 11.6. The molecule has 1 N–H and O–H groups in total. The van der Waals surface area contributed by atoms with Crippen LogP contribution in [0.25, 0.3) is 11.0 Å². The van der Waals surface area contributed by atoms with Crippen molar-refractivity contribution in [1.29, 1.82) is 5.26 Å². The molecule has 4 rings (SSSR count). The number of thioether (sulfide) groups is 1. The van der Waals surface area contributed by atoms with Crippen LogP contribution in [-0.2, 0) is 19.1 Å². The second-order valence-electron chi connectivity index (χ2n) is 7.41. The van der Waals surface area contributed by atoms with E-state index in [0.29, 0.717) is 18.7 Å². The third-order valence-corrected chi connectivity index (χ3v) is 6.19. The molecule has 0 unspecified atom stereocenters. The van der Waals surface area contributed by atoms with Crippen LogP contribution in [0.4, 0.5) is 13.2 Å². The lowest BCUT2D eigenvalue weighted by atomic mass is 10.0. The molecule has 0 fully saturated rings. The summed E-state index contributed by atoms with van der Waals surface area (Å²) in [5.74, 6) is 0.402. The number of imidazole rings is 1. The maximum atomic E-state index is 13.7. The lowest BCUT2D eigenvalue weighted by Gasteiger charge is -2.14. The summed E-state index contributed by atoms with van der Waals surface area (Å²) in [6, 6.07) is 19.0. The van der Waals surface area contributed by atoms with Crippen molar-refractivity contribution in [2.45, 2.75) is 30.6 Å². The number of rotatable bonds is 7. The van der Waals surface area contributed by atoms with Gasteiger partial charge in [0.1, 0.15) is 11.1 Å². The summed E-state index contributed by atoms with van der Waals surface area (Å²) in [4.78, 5) is 19.4. The summed E-state index contributed by atoms with van der Waals surface area (Å²) in [5.41, 5.74) is 0.913. The molecule has 2 heterocycles. The van der Waals surface area contributed by atoms with Crippen molar-refractivity contribution in [3.05, 3.63) is 93.5 Å². The Hall–Kier alpha value is -3.51. The Morgan fingerprint density at radius 1 is 1.09 bits per heavy atom. The Morgan fingerprint density at radius 2 is 1.82 bits per heavy atom. The number of H-pyrrole nitrogens is 1. The van der Waals surface area contributed by atoms with E-state index in [2.05, 4.69) is 9.97 Å². The number of aromatic nitrogens is 3. The largest absolute Gasteiger partial charge is 0.417 e. The van der Waals surface area contributed by atoms with Crippen LogP contribution in [0.3, 0.4) is 0 Å². The van der Waals surface area contributed by atoms with Gasteiger partial charge in [0.15, 0.2) is 0 Å². The average Bonchev–Trinajstić information content (AvgIpc) is 3.11. The van der Waals surface area contributed by atoms with E-state index < -0.39 is 17.3 Å². The number of nitrogens with zero attached hydrogens (tertiary/aromatic N) is 3. The van der Waals surface area contributed by atoms with Gasteiger partial charge in [-0.05, 0) is 30.2 Å². The standard InChI is InChI=1S/C24H19F3N4OS/c25-24(26,27)19-14-17(13-16-7-2-1-3-8-16)29-22(18(19)15-28)33-12-6-11-31-21-10-5-4-9-20(21)30-23(31)32/h1-5,7-10,14H,6,11-13H2,(H,30,32). The van der Waals surface area contributed by atoms with Gasteiger partial charge in [0.25, 0.3) is 0 Å². The molecule has 0 amide bonds. The van der Waals surface area contributed by atoms with Gasteiger partial charge in [-0.3, -0.25) is 4.57 Å². The summed E-state index contributed by atoms with van der Waals surface area (Å²) in [6.45, 7) is 0.396. The van der Waals surface area contributed by atoms with Gasteiger partial charge < -0.3 is 4.98 Å². The Labute approximate surface area is 191 Å². The van der Waals surface area contributed by atoms with E-state index >= 15 is 0 Å². The van der Waals surface area contributed by atoms with E-state index in [1.54, 1.807) is 10.6 Å². The summed E-state index contributed by atoms with van der Waals surface area (Å²) < 4.78 is 42.6. The number of hydrogen-bond donors (Lipinski definition) is 1. The van der Waals surface area contributed by atoms with E-state index in [4.69, 9.17) is 0 Å². The van der Waals surface area contributed by atoms with Crippen LogP contribution in [0.2, 0.25) is 0 Å². The molecule has 2 aromatic carbocycles. The number of benzene rings is 2. The number of fused-ring (bicyclic) bond motifs is 1. The number of alkyl halides is 3. The van der Waals surface area contributed by atoms with Gasteiger partial charge in [0.05, 0.1) is 22.2 Å². The van der Waals surface area contributed by atoms with Crippen molar-refractivity contribution in [3.8, 4) is 6.07 Å². The van der Waals surface area contributed by atoms with Crippen LogP contribution in [0.1, 0.15) is 28.8 Å². The average molecular weight is 469 g/mol. The fourth-order valence-corrected chi connectivity index (χ4v) is 4.57. The van der Waals surface area contributed by atoms with Gasteiger partial charge in [-0.1, -0.05) is 42.5 Å². The number of para-hydroxylation sites is 2. The minimum atomic E-state index is -4.66. The number of nitrogens with one attached hydrogen (secondary N) is 1. The maximum Gasteiger partial charge on any atom is 0.417 e. The Balaban J connectivity index is 1.55. The zero-order valence-corrected chi connectivity index (χ0v) is 18.2. The number of halogens is 3. The number of pyridine rings is 1. The minimum Gasteiger partial charge on any atom is -0.306 e. The smallest absolute Gasteiger partial charge is 0.306 e. The first kappa shape index (κ1) is 22.7. The van der Waals surface area contributed by atoms with Gasteiger partial charge in [0.2, 0.25) is 0 Å². The predicted octanol–water partition coefficient (Wildman–Crippen LogP) is 5.39. The highest BCUT2D eigenvalue weighted by atomic mass is 32.2. The van der Waals surface area contributed by atoms with Crippen LogP contribution in [-0.4, -0.2) is 20.3 Å². The van der Waals surface area contributed by atoms with E-state index in [-0.39, 0.29) is 22.8 Å². The van der Waals surface area contributed by atoms with Gasteiger partial charge >= 0.3 is 11.9 Å². The minimum absolute atomic E-state index is 0.0597. The molecule has 0 aliphatic rings. The first-order chi connectivity index (χ1) is 15.9. The van der Waals surface area contributed by atoms with E-state index in [1.165, 1.54) is 0 Å². The van der Waals surface area contributed by atoms with Crippen molar-refractivity contribution in [2.75, 3.05) is 5.75 Å². The third-order valence-electron chi connectivity index (χ3n) is 5.13. The first-order valence-electron chi connectivity index (χ1n) is 10.2. The molecule has 168 valence electrons. The van der Waals surface area contributed by atoms with Crippen molar-refractivity contribution in [2.24, 2.45) is 0 Å². The van der Waals surface area contributed by atoms with E-state index in [0.717, 1.165) is 34.4 Å². The van der Waals surface area contributed by atoms with E-state index in [9.17, 15) is 23.2 Å². The molecule has 0 saturated carbocycles. The van der Waals surface area contributed by atoms with Crippen molar-refractivity contribution in [3.63, 3.8) is 0 Å². The zero-order valence-electron chi connectivity index (χ0n) is 17.4. The van der Waals surface area contributed by atoms with E-state index in [1.807, 2.05) is 54.6 Å². The summed E-state index contributed by atoms with van der Waals surface area (Å²) >= 11 is 1.10. The fourth-order valence-electron chi connectivity index (χ4n) is 3.62. The summed E-state index contributed by atoms with van der Waals surface area (Å²) in [5, 5.41) is 9.51. The lowest BCUT2D eigenvalue weighted by Crippen LogP contribution is -2.17. The maximum absolute atomic E-state index is 13.7. The Kier molecular flexibility index (Phi) is 6.56. The highest BCUT2D eigenvalue weighted by molar-refractivity contribution is 7.99. The molecule has 5 nitrogen and oxygen atoms in total. The van der Waals surface area contributed by atoms with Gasteiger partial charge in [-0.15, -0.1) is 11.8 Å². The number of nitriles is 1. The highest BCUT2D eigenvalue weighted by Crippen LogP contribution is 2.36. The lowest BCUT2D eigenvalue weighted by molar-refractivity contribution is -0.138. The van der Waals surface area contributed by atoms with Crippen LogP contribution >= 0.6 is 11.8 Å². The molecule has 0 spiro atoms. The number of aryl methyl sites for hydroxylation is 1. The monoisotopic (exact) mass is 468 g/mol. The molecule has 0 atom stereocenters. The zero-order chi connectivity index (χ0) is 23.4. The van der Waals surface area contributed by atoms with Crippen LogP contribution in [0.5, 0.6) is 0 Å².